The van der Waals surface area contributed by atoms with E-state index in [1.807, 2.05) is 13.8 Å². The molecule has 7 nitrogen and oxygen atoms in total. The molecule has 21 heavy (non-hydrogen) atoms. The Morgan fingerprint density at radius 2 is 1.90 bits per heavy atom. The standard InChI is InChI=1S/C13H16N4O3S/c1-9-10(2)16-17-13(9)15-12(18)8-14-21(19,20)11-6-4-3-5-7-11/h3-7,14H,8H2,1-2H3,(H2,15,16,17,18). The first-order chi connectivity index (χ1) is 9.90. The molecule has 1 aromatic heterocycles. The molecule has 2 aromatic rings. The maximum Gasteiger partial charge on any atom is 0.241 e. The lowest BCUT2D eigenvalue weighted by atomic mass is 10.3. The lowest BCUT2D eigenvalue weighted by Gasteiger charge is -2.07. The number of nitrogens with one attached hydrogen (secondary N) is 3. The van der Waals surface area contributed by atoms with Crippen molar-refractivity contribution in [3.8, 4) is 0 Å². The topological polar surface area (TPSA) is 104 Å². The minimum atomic E-state index is -3.69. The molecule has 0 spiro atoms. The molecule has 1 aromatic carbocycles. The van der Waals surface area contributed by atoms with Crippen molar-refractivity contribution in [2.24, 2.45) is 0 Å². The molecule has 0 unspecified atom stereocenters. The number of anilines is 1. The minimum Gasteiger partial charge on any atom is -0.308 e. The van der Waals surface area contributed by atoms with Crippen LogP contribution in [0.5, 0.6) is 0 Å². The summed E-state index contributed by atoms with van der Waals surface area (Å²) < 4.78 is 26.1. The maximum absolute atomic E-state index is 11.9. The Morgan fingerprint density at radius 3 is 2.48 bits per heavy atom. The number of carbonyl (C=O) groups excluding carboxylic acids is 1. The van der Waals surface area contributed by atoms with E-state index in [0.29, 0.717) is 5.82 Å². The van der Waals surface area contributed by atoms with Crippen LogP contribution in [0.3, 0.4) is 0 Å². The van der Waals surface area contributed by atoms with Crippen molar-refractivity contribution >= 4 is 21.7 Å². The van der Waals surface area contributed by atoms with Gasteiger partial charge in [-0.1, -0.05) is 18.2 Å². The summed E-state index contributed by atoms with van der Waals surface area (Å²) in [6, 6.07) is 7.87. The van der Waals surface area contributed by atoms with Crippen LogP contribution in [-0.4, -0.2) is 31.1 Å². The third-order valence-electron chi connectivity index (χ3n) is 2.99. The third kappa shape index (κ3) is 3.67. The molecule has 3 N–H and O–H groups in total. The molecule has 0 bridgehead atoms. The van der Waals surface area contributed by atoms with Crippen LogP contribution < -0.4 is 10.0 Å². The summed E-state index contributed by atoms with van der Waals surface area (Å²) in [5, 5.41) is 9.21. The smallest absolute Gasteiger partial charge is 0.241 e. The van der Waals surface area contributed by atoms with Crippen LogP contribution in [0.2, 0.25) is 0 Å². The highest BCUT2D eigenvalue weighted by Crippen LogP contribution is 2.13. The Bertz CT molecular complexity index is 738. The highest BCUT2D eigenvalue weighted by Gasteiger charge is 2.16. The molecular weight excluding hydrogens is 292 g/mol. The number of aryl methyl sites for hydroxylation is 1. The average Bonchev–Trinajstić information content (AvgIpc) is 2.78. The second kappa shape index (κ2) is 6.06. The summed E-state index contributed by atoms with van der Waals surface area (Å²) >= 11 is 0. The molecule has 0 radical (unpaired) electrons. The number of sulfonamides is 1. The molecule has 1 amide bonds. The summed E-state index contributed by atoms with van der Waals surface area (Å²) in [7, 11) is -3.69. The number of rotatable bonds is 5. The van der Waals surface area contributed by atoms with Crippen LogP contribution in [0, 0.1) is 13.8 Å². The van der Waals surface area contributed by atoms with Crippen LogP contribution in [0.1, 0.15) is 11.3 Å². The van der Waals surface area contributed by atoms with E-state index in [2.05, 4.69) is 20.2 Å². The Balaban J connectivity index is 1.97. The van der Waals surface area contributed by atoms with E-state index < -0.39 is 15.9 Å². The van der Waals surface area contributed by atoms with Gasteiger partial charge in [0.25, 0.3) is 0 Å². The molecule has 0 fully saturated rings. The molecule has 0 saturated heterocycles. The van der Waals surface area contributed by atoms with Crippen LogP contribution in [0.25, 0.3) is 0 Å². The number of nitrogens with zero attached hydrogens (tertiary/aromatic N) is 1. The van der Waals surface area contributed by atoms with E-state index in [-0.39, 0.29) is 11.4 Å². The van der Waals surface area contributed by atoms with E-state index >= 15 is 0 Å². The van der Waals surface area contributed by atoms with Gasteiger partial charge in [-0.15, -0.1) is 0 Å². The van der Waals surface area contributed by atoms with Gasteiger partial charge < -0.3 is 5.32 Å². The predicted octanol–water partition coefficient (Wildman–Crippen LogP) is 0.944. The van der Waals surface area contributed by atoms with Crippen molar-refractivity contribution in [2.45, 2.75) is 18.7 Å². The van der Waals surface area contributed by atoms with Gasteiger partial charge in [-0.3, -0.25) is 9.89 Å². The monoisotopic (exact) mass is 308 g/mol. The van der Waals surface area contributed by atoms with Crippen LogP contribution >= 0.6 is 0 Å². The first-order valence-corrected chi connectivity index (χ1v) is 7.74. The fourth-order valence-electron chi connectivity index (χ4n) is 1.63. The van der Waals surface area contributed by atoms with Crippen molar-refractivity contribution in [2.75, 3.05) is 11.9 Å². The van der Waals surface area contributed by atoms with Gasteiger partial charge in [-0.25, -0.2) is 13.1 Å². The van der Waals surface area contributed by atoms with Gasteiger partial charge in [0.05, 0.1) is 11.4 Å². The van der Waals surface area contributed by atoms with E-state index in [1.165, 1.54) is 12.1 Å². The fourth-order valence-corrected chi connectivity index (χ4v) is 2.63. The number of hydrogen-bond acceptors (Lipinski definition) is 4. The number of aromatic nitrogens is 2. The van der Waals surface area contributed by atoms with Gasteiger partial charge in [-0.2, -0.15) is 5.10 Å². The summed E-state index contributed by atoms with van der Waals surface area (Å²) in [4.78, 5) is 11.9. The van der Waals surface area contributed by atoms with Gasteiger partial charge in [0.15, 0.2) is 5.82 Å². The quantitative estimate of drug-likeness (QED) is 0.764. The van der Waals surface area contributed by atoms with Gasteiger partial charge in [-0.05, 0) is 26.0 Å². The highest BCUT2D eigenvalue weighted by atomic mass is 32.2. The van der Waals surface area contributed by atoms with Crippen molar-refractivity contribution in [3.05, 3.63) is 41.6 Å². The highest BCUT2D eigenvalue weighted by molar-refractivity contribution is 7.89. The normalized spacial score (nSPS) is 11.3. The predicted molar refractivity (Wildman–Crippen MR) is 78.3 cm³/mol. The zero-order valence-electron chi connectivity index (χ0n) is 11.7. The molecule has 0 aliphatic carbocycles. The van der Waals surface area contributed by atoms with Gasteiger partial charge >= 0.3 is 0 Å². The summed E-state index contributed by atoms with van der Waals surface area (Å²) in [5.41, 5.74) is 1.66. The second-order valence-corrected chi connectivity index (χ2v) is 6.27. The Morgan fingerprint density at radius 1 is 1.24 bits per heavy atom. The Hall–Kier alpha value is -2.19. The van der Waals surface area contributed by atoms with Crippen molar-refractivity contribution in [1.29, 1.82) is 0 Å². The molecule has 2 rings (SSSR count). The summed E-state index contributed by atoms with van der Waals surface area (Å²) in [6.45, 7) is 3.28. The number of amides is 1. The molecule has 0 saturated carbocycles. The zero-order chi connectivity index (χ0) is 15.5. The molecule has 0 aliphatic heterocycles. The Kier molecular flexibility index (Phi) is 4.39. The molecule has 0 aliphatic rings. The molecule has 1 heterocycles. The summed E-state index contributed by atoms with van der Waals surface area (Å²) in [5.74, 6) is -0.0829. The largest absolute Gasteiger partial charge is 0.308 e. The lowest BCUT2D eigenvalue weighted by Crippen LogP contribution is -2.33. The Labute approximate surface area is 122 Å². The first-order valence-electron chi connectivity index (χ1n) is 6.26. The number of H-pyrrole nitrogens is 1. The zero-order valence-corrected chi connectivity index (χ0v) is 12.5. The van der Waals surface area contributed by atoms with Gasteiger partial charge in [0, 0.05) is 11.3 Å². The molecule has 0 atom stereocenters. The van der Waals surface area contributed by atoms with E-state index in [9.17, 15) is 13.2 Å². The number of benzene rings is 1. The van der Waals surface area contributed by atoms with Crippen molar-refractivity contribution < 1.29 is 13.2 Å². The average molecular weight is 308 g/mol. The summed E-state index contributed by atoms with van der Waals surface area (Å²) in [6.07, 6.45) is 0. The van der Waals surface area contributed by atoms with Crippen molar-refractivity contribution in [1.82, 2.24) is 14.9 Å². The number of aromatic amines is 1. The van der Waals surface area contributed by atoms with Crippen LogP contribution in [0.15, 0.2) is 35.2 Å². The second-order valence-electron chi connectivity index (χ2n) is 4.51. The van der Waals surface area contributed by atoms with E-state index in [1.54, 1.807) is 18.2 Å². The van der Waals surface area contributed by atoms with Gasteiger partial charge in [0.2, 0.25) is 15.9 Å². The minimum absolute atomic E-state index is 0.115. The molecule has 8 heteroatoms. The first kappa shape index (κ1) is 15.2. The maximum atomic E-state index is 11.9. The number of carbonyl (C=O) groups is 1. The van der Waals surface area contributed by atoms with E-state index in [4.69, 9.17) is 0 Å². The van der Waals surface area contributed by atoms with Gasteiger partial charge in [0.1, 0.15) is 0 Å². The van der Waals surface area contributed by atoms with Crippen LogP contribution in [0.4, 0.5) is 5.82 Å². The van der Waals surface area contributed by atoms with Crippen molar-refractivity contribution in [3.63, 3.8) is 0 Å². The molecular formula is C13H16N4O3S. The SMILES string of the molecule is Cc1[nH]nc(NC(=O)CNS(=O)(=O)c2ccccc2)c1C. The van der Waals surface area contributed by atoms with Crippen LogP contribution in [-0.2, 0) is 14.8 Å². The van der Waals surface area contributed by atoms with E-state index in [0.717, 1.165) is 11.3 Å². The third-order valence-corrected chi connectivity index (χ3v) is 4.40. The lowest BCUT2D eigenvalue weighted by molar-refractivity contribution is -0.115. The fraction of sp³-hybridized carbons (Fsp3) is 0.231. The molecule has 112 valence electrons. The number of hydrogen-bond donors (Lipinski definition) is 3.